The predicted octanol–water partition coefficient (Wildman–Crippen LogP) is 4.74. The molecule has 220 valence electrons. The molecule has 0 saturated carbocycles. The van der Waals surface area contributed by atoms with E-state index in [1.54, 1.807) is 20.8 Å². The molecule has 1 aliphatic carbocycles. The van der Waals surface area contributed by atoms with E-state index in [-0.39, 0.29) is 35.8 Å². The van der Waals surface area contributed by atoms with Crippen molar-refractivity contribution in [3.8, 4) is 0 Å². The maximum atomic E-state index is 14.3. The van der Waals surface area contributed by atoms with E-state index in [4.69, 9.17) is 10.6 Å². The molecule has 1 heterocycles. The molecule has 0 fully saturated rings. The van der Waals surface area contributed by atoms with E-state index in [0.29, 0.717) is 35.6 Å². The van der Waals surface area contributed by atoms with Crippen LogP contribution in [0.15, 0.2) is 58.2 Å². The number of pyridine rings is 1. The van der Waals surface area contributed by atoms with Crippen LogP contribution in [0.25, 0.3) is 0 Å². The number of nitrogens with two attached hydrogens (primary N) is 1. The number of carboxylic acid groups (broad SMARTS) is 1. The fourth-order valence-electron chi connectivity index (χ4n) is 4.59. The first kappa shape index (κ1) is 32.0. The fraction of sp³-hybridized carbons (Fsp3) is 0.379. The number of benzene rings is 1. The Morgan fingerprint density at radius 2 is 1.95 bits per heavy atom. The Balaban J connectivity index is 1.81. The van der Waals surface area contributed by atoms with Gasteiger partial charge in [0.1, 0.15) is 28.9 Å². The minimum Gasteiger partial charge on any atom is -0.478 e. The Morgan fingerprint density at radius 1 is 1.24 bits per heavy atom. The van der Waals surface area contributed by atoms with E-state index in [1.165, 1.54) is 18.2 Å². The van der Waals surface area contributed by atoms with Crippen LogP contribution in [0.1, 0.15) is 71.1 Å². The van der Waals surface area contributed by atoms with Gasteiger partial charge < -0.3 is 21.0 Å². The summed E-state index contributed by atoms with van der Waals surface area (Å²) in [5, 5.41) is 16.7. The lowest BCUT2D eigenvalue weighted by Crippen LogP contribution is -2.44. The number of aliphatic carboxylic acids is 1. The first-order chi connectivity index (χ1) is 19.2. The zero-order valence-electron chi connectivity index (χ0n) is 23.4. The number of amides is 1. The van der Waals surface area contributed by atoms with Gasteiger partial charge in [-0.05, 0) is 74.3 Å². The predicted molar refractivity (Wildman–Crippen MR) is 153 cm³/mol. The number of halogens is 3. The molecular formula is C29H34F3N4O4P. The van der Waals surface area contributed by atoms with Crippen molar-refractivity contribution in [1.29, 1.82) is 0 Å². The largest absolute Gasteiger partial charge is 0.478 e. The number of aromatic nitrogens is 1. The first-order valence-electron chi connectivity index (χ1n) is 13.0. The van der Waals surface area contributed by atoms with Crippen molar-refractivity contribution in [3.05, 3.63) is 81.8 Å². The van der Waals surface area contributed by atoms with E-state index in [9.17, 15) is 27.9 Å². The highest BCUT2D eigenvalue weighted by Crippen LogP contribution is 2.41. The summed E-state index contributed by atoms with van der Waals surface area (Å²) in [6.07, 6.45) is 2.01. The zero-order chi connectivity index (χ0) is 30.5. The van der Waals surface area contributed by atoms with Crippen LogP contribution >= 0.6 is 9.24 Å². The van der Waals surface area contributed by atoms with Crippen molar-refractivity contribution >= 4 is 32.1 Å². The molecular weight excluding hydrogens is 556 g/mol. The van der Waals surface area contributed by atoms with E-state index in [2.05, 4.69) is 24.7 Å². The summed E-state index contributed by atoms with van der Waals surface area (Å²) in [5.74, 6) is -3.46. The minimum absolute atomic E-state index is 0.00832. The fourth-order valence-corrected chi connectivity index (χ4v) is 5.10. The molecule has 0 spiro atoms. The lowest BCUT2D eigenvalue weighted by Gasteiger charge is -2.37. The van der Waals surface area contributed by atoms with Crippen LogP contribution in [0.5, 0.6) is 0 Å². The summed E-state index contributed by atoms with van der Waals surface area (Å²) < 4.78 is 41.6. The third kappa shape index (κ3) is 7.80. The number of nitrogens with one attached hydrogen (secondary N) is 1. The smallest absolute Gasteiger partial charge is 0.333 e. The van der Waals surface area contributed by atoms with Crippen LogP contribution in [-0.4, -0.2) is 33.7 Å². The van der Waals surface area contributed by atoms with Crippen molar-refractivity contribution in [2.24, 2.45) is 10.9 Å². The number of rotatable bonds is 10. The molecule has 2 aromatic rings. The molecule has 0 radical (unpaired) electrons. The number of allylic oxidation sites excluding steroid dienone is 2. The van der Waals surface area contributed by atoms with Gasteiger partial charge in [0, 0.05) is 23.5 Å². The third-order valence-corrected chi connectivity index (χ3v) is 7.86. The average Bonchev–Trinajstić information content (AvgIpc) is 2.92. The van der Waals surface area contributed by atoms with Gasteiger partial charge >= 0.3 is 5.97 Å². The summed E-state index contributed by atoms with van der Waals surface area (Å²) in [6.45, 7) is 7.10. The molecule has 3 unspecified atom stereocenters. The first-order valence-corrected chi connectivity index (χ1v) is 13.6. The molecule has 8 nitrogen and oxygen atoms in total. The molecule has 41 heavy (non-hydrogen) atoms. The highest BCUT2D eigenvalue weighted by molar-refractivity contribution is 7.27. The SMILES string of the molecule is CC/C(C)=C(\CC(N)C(=O)NC1=C(C(=O)O)CCC(C)(c2cc(F)cc(F)c2P)C1)O/N=C(\C)c1ccc(F)cn1. The molecule has 4 N–H and O–H groups in total. The van der Waals surface area contributed by atoms with Gasteiger partial charge in [0.15, 0.2) is 0 Å². The summed E-state index contributed by atoms with van der Waals surface area (Å²) in [7, 11) is 2.27. The van der Waals surface area contributed by atoms with Crippen LogP contribution in [0.3, 0.4) is 0 Å². The van der Waals surface area contributed by atoms with Crippen molar-refractivity contribution in [3.63, 3.8) is 0 Å². The van der Waals surface area contributed by atoms with Crippen molar-refractivity contribution in [1.82, 2.24) is 10.3 Å². The number of oxime groups is 1. The van der Waals surface area contributed by atoms with E-state index in [0.717, 1.165) is 17.8 Å². The molecule has 1 aromatic carbocycles. The molecule has 1 aliphatic rings. The van der Waals surface area contributed by atoms with Crippen molar-refractivity contribution in [2.45, 2.75) is 71.3 Å². The number of carboxylic acids is 1. The molecule has 1 amide bonds. The number of carbonyl (C=O) groups is 2. The maximum absolute atomic E-state index is 14.3. The summed E-state index contributed by atoms with van der Waals surface area (Å²) in [4.78, 5) is 34.8. The van der Waals surface area contributed by atoms with E-state index < -0.39 is 40.8 Å². The second kappa shape index (κ2) is 13.4. The highest BCUT2D eigenvalue weighted by Gasteiger charge is 2.38. The van der Waals surface area contributed by atoms with Crippen LogP contribution in [0.4, 0.5) is 13.2 Å². The van der Waals surface area contributed by atoms with Crippen LogP contribution in [0.2, 0.25) is 0 Å². The Kier molecular flexibility index (Phi) is 10.4. The minimum atomic E-state index is -1.20. The second-order valence-corrected chi connectivity index (χ2v) is 10.9. The third-order valence-electron chi connectivity index (χ3n) is 7.27. The van der Waals surface area contributed by atoms with Gasteiger partial charge in [-0.1, -0.05) is 19.0 Å². The van der Waals surface area contributed by atoms with Crippen LogP contribution < -0.4 is 16.4 Å². The second-order valence-electron chi connectivity index (χ2n) is 10.3. The number of hydrogen-bond acceptors (Lipinski definition) is 6. The van der Waals surface area contributed by atoms with Crippen LogP contribution in [0, 0.1) is 17.5 Å². The molecule has 1 aromatic heterocycles. The van der Waals surface area contributed by atoms with Gasteiger partial charge in [-0.2, -0.15) is 0 Å². The lowest BCUT2D eigenvalue weighted by atomic mass is 9.70. The Hall–Kier alpha value is -3.56. The van der Waals surface area contributed by atoms with E-state index >= 15 is 0 Å². The van der Waals surface area contributed by atoms with E-state index in [1.807, 2.05) is 6.92 Å². The van der Waals surface area contributed by atoms with Gasteiger partial charge in [-0.3, -0.25) is 9.78 Å². The Morgan fingerprint density at radius 3 is 2.56 bits per heavy atom. The van der Waals surface area contributed by atoms with Crippen molar-refractivity contribution in [2.75, 3.05) is 0 Å². The average molecular weight is 591 g/mol. The van der Waals surface area contributed by atoms with Gasteiger partial charge in [0.25, 0.3) is 0 Å². The van der Waals surface area contributed by atoms with Crippen LogP contribution in [-0.2, 0) is 19.8 Å². The van der Waals surface area contributed by atoms with Crippen molar-refractivity contribution < 1.29 is 32.7 Å². The quantitative estimate of drug-likeness (QED) is 0.159. The van der Waals surface area contributed by atoms with Gasteiger partial charge in [0.2, 0.25) is 5.91 Å². The molecule has 0 aliphatic heterocycles. The normalized spacial score (nSPS) is 19.0. The summed E-state index contributed by atoms with van der Waals surface area (Å²) in [5.41, 5.74) is 7.47. The standard InChI is InChI=1S/C29H34F3N4O4P/c1-5-15(2)25(40-36-16(3)23-7-6-17(30)14-34-23)12-22(33)27(37)35-24-13-29(4,9-8-19(24)28(38)39)20-10-18(31)11-21(32)26(20)41/h6-7,10-11,14,22H,5,8-9,12-13,33,41H2,1-4H3,(H,35,37)(H,38,39)/b25-15+,36-16+. The Bertz CT molecular complexity index is 1430. The Labute approximate surface area is 239 Å². The highest BCUT2D eigenvalue weighted by atomic mass is 31.0. The van der Waals surface area contributed by atoms with Gasteiger partial charge in [-0.25, -0.2) is 18.0 Å². The topological polar surface area (TPSA) is 127 Å². The van der Waals surface area contributed by atoms with Gasteiger partial charge in [-0.15, -0.1) is 9.24 Å². The molecule has 0 saturated heterocycles. The molecule has 3 atom stereocenters. The molecule has 3 rings (SSSR count). The summed E-state index contributed by atoms with van der Waals surface area (Å²) in [6, 6.07) is 3.58. The number of carbonyl (C=O) groups excluding carboxylic acids is 1. The molecule has 0 bridgehead atoms. The zero-order valence-corrected chi connectivity index (χ0v) is 24.5. The summed E-state index contributed by atoms with van der Waals surface area (Å²) >= 11 is 0. The lowest BCUT2D eigenvalue weighted by molar-refractivity contribution is -0.133. The number of nitrogens with zero attached hydrogens (tertiary/aromatic N) is 2. The number of hydrogen-bond donors (Lipinski definition) is 3. The monoisotopic (exact) mass is 590 g/mol. The maximum Gasteiger partial charge on any atom is 0.333 e. The van der Waals surface area contributed by atoms with Gasteiger partial charge in [0.05, 0.1) is 23.5 Å². The molecule has 12 heteroatoms.